The van der Waals surface area contributed by atoms with E-state index >= 15 is 0 Å². The highest BCUT2D eigenvalue weighted by Gasteiger charge is 2.28. The third-order valence-electron chi connectivity index (χ3n) is 2.88. The van der Waals surface area contributed by atoms with Gasteiger partial charge in [0.05, 0.1) is 11.8 Å². The van der Waals surface area contributed by atoms with E-state index in [4.69, 9.17) is 0 Å². The van der Waals surface area contributed by atoms with Crippen LogP contribution in [0.2, 0.25) is 0 Å². The summed E-state index contributed by atoms with van der Waals surface area (Å²) in [5, 5.41) is 12.4. The molecule has 1 amide bonds. The second kappa shape index (κ2) is 6.18. The van der Waals surface area contributed by atoms with Crippen LogP contribution >= 0.6 is 11.8 Å². The van der Waals surface area contributed by atoms with Gasteiger partial charge in [0.15, 0.2) is 0 Å². The van der Waals surface area contributed by atoms with Crippen molar-refractivity contribution in [1.29, 1.82) is 0 Å². The van der Waals surface area contributed by atoms with Crippen LogP contribution in [0.1, 0.15) is 32.7 Å². The number of nitrogens with zero attached hydrogens (tertiary/aromatic N) is 5. The van der Waals surface area contributed by atoms with Crippen LogP contribution in [0.3, 0.4) is 0 Å². The van der Waals surface area contributed by atoms with Gasteiger partial charge in [-0.1, -0.05) is 23.9 Å². The first-order valence-corrected chi connectivity index (χ1v) is 7.43. The fourth-order valence-electron chi connectivity index (χ4n) is 1.75. The molecule has 7 heteroatoms. The van der Waals surface area contributed by atoms with Crippen molar-refractivity contribution >= 4 is 17.7 Å². The fraction of sp³-hybridized carbons (Fsp3) is 0.667. The molecule has 2 rings (SSSR count). The fourth-order valence-corrected chi connectivity index (χ4v) is 2.60. The van der Waals surface area contributed by atoms with E-state index in [2.05, 4.69) is 22.1 Å². The molecule has 0 aliphatic heterocycles. The number of carbonyl (C=O) groups is 1. The lowest BCUT2D eigenvalue weighted by atomic mass is 10.3. The molecule has 1 aromatic heterocycles. The van der Waals surface area contributed by atoms with Gasteiger partial charge in [-0.3, -0.25) is 4.79 Å². The van der Waals surface area contributed by atoms with Crippen molar-refractivity contribution in [2.45, 2.75) is 37.9 Å². The average Bonchev–Trinajstić information content (AvgIpc) is 3.12. The van der Waals surface area contributed by atoms with Gasteiger partial charge in [0.1, 0.15) is 0 Å². The number of hydrogen-bond donors (Lipinski definition) is 0. The summed E-state index contributed by atoms with van der Waals surface area (Å²) in [5.41, 5.74) is 0.989. The van der Waals surface area contributed by atoms with Gasteiger partial charge in [-0.05, 0) is 37.1 Å². The summed E-state index contributed by atoms with van der Waals surface area (Å²) in [7, 11) is 0. The average molecular weight is 281 g/mol. The molecule has 1 saturated carbocycles. The molecule has 1 heterocycles. The lowest BCUT2D eigenvalue weighted by Gasteiger charge is -2.20. The van der Waals surface area contributed by atoms with Gasteiger partial charge in [0.25, 0.3) is 0 Å². The van der Waals surface area contributed by atoms with E-state index in [1.165, 1.54) is 11.8 Å². The van der Waals surface area contributed by atoms with Crippen molar-refractivity contribution in [3.8, 4) is 0 Å². The number of likely N-dealkylation sites (N-methyl/N-ethyl adjacent to an activating group) is 1. The van der Waals surface area contributed by atoms with Crippen molar-refractivity contribution in [1.82, 2.24) is 25.1 Å². The van der Waals surface area contributed by atoms with E-state index in [-0.39, 0.29) is 5.91 Å². The Labute approximate surface area is 117 Å². The Kier molecular flexibility index (Phi) is 4.57. The molecule has 19 heavy (non-hydrogen) atoms. The van der Waals surface area contributed by atoms with Crippen LogP contribution < -0.4 is 0 Å². The van der Waals surface area contributed by atoms with Gasteiger partial charge < -0.3 is 4.90 Å². The van der Waals surface area contributed by atoms with E-state index in [9.17, 15) is 4.79 Å². The molecule has 0 bridgehead atoms. The van der Waals surface area contributed by atoms with Gasteiger partial charge >= 0.3 is 0 Å². The van der Waals surface area contributed by atoms with Crippen LogP contribution in [-0.4, -0.2) is 49.9 Å². The summed E-state index contributed by atoms with van der Waals surface area (Å²) in [6, 6.07) is 0.435. The minimum atomic E-state index is 0.0980. The molecule has 0 atom stereocenters. The maximum atomic E-state index is 12.1. The Hall–Kier alpha value is -1.37. The zero-order chi connectivity index (χ0) is 13.8. The predicted molar refractivity (Wildman–Crippen MR) is 73.9 cm³/mol. The number of aromatic nitrogens is 4. The van der Waals surface area contributed by atoms with E-state index in [0.29, 0.717) is 24.9 Å². The number of amides is 1. The molecule has 1 aromatic rings. The maximum absolute atomic E-state index is 12.1. The Morgan fingerprint density at radius 3 is 2.89 bits per heavy atom. The maximum Gasteiger partial charge on any atom is 0.233 e. The zero-order valence-corrected chi connectivity index (χ0v) is 12.2. The zero-order valence-electron chi connectivity index (χ0n) is 11.4. The molecular formula is C12H19N5OS. The van der Waals surface area contributed by atoms with Crippen LogP contribution in [0.25, 0.3) is 0 Å². The molecular weight excluding hydrogens is 262 g/mol. The van der Waals surface area contributed by atoms with Crippen LogP contribution in [-0.2, 0) is 4.79 Å². The minimum Gasteiger partial charge on any atom is -0.338 e. The van der Waals surface area contributed by atoms with Crippen LogP contribution in [0.4, 0.5) is 0 Å². The minimum absolute atomic E-state index is 0.0980. The van der Waals surface area contributed by atoms with Gasteiger partial charge in [-0.25, -0.2) is 4.68 Å². The van der Waals surface area contributed by atoms with Crippen LogP contribution in [0.5, 0.6) is 0 Å². The molecule has 0 radical (unpaired) electrons. The van der Waals surface area contributed by atoms with Crippen molar-refractivity contribution < 1.29 is 4.79 Å². The van der Waals surface area contributed by atoms with E-state index < -0.39 is 0 Å². The molecule has 0 aromatic carbocycles. The van der Waals surface area contributed by atoms with Crippen molar-refractivity contribution in [3.05, 3.63) is 12.2 Å². The second-order valence-electron chi connectivity index (χ2n) is 4.79. The summed E-state index contributed by atoms with van der Waals surface area (Å²) < 4.78 is 1.83. The Morgan fingerprint density at radius 2 is 2.32 bits per heavy atom. The van der Waals surface area contributed by atoms with E-state index in [1.807, 2.05) is 18.5 Å². The Bertz CT molecular complexity index is 468. The normalized spacial score (nSPS) is 14.4. The summed E-state index contributed by atoms with van der Waals surface area (Å²) in [6.07, 6.45) is 2.26. The highest BCUT2D eigenvalue weighted by Crippen LogP contribution is 2.36. The lowest BCUT2D eigenvalue weighted by Crippen LogP contribution is -2.33. The SMILES string of the molecule is C=C(C)CN(CC)C(=O)CSc1nnnn1C1CC1. The van der Waals surface area contributed by atoms with E-state index in [0.717, 1.165) is 23.6 Å². The quantitative estimate of drug-likeness (QED) is 0.560. The molecule has 0 unspecified atom stereocenters. The van der Waals surface area contributed by atoms with Crippen molar-refractivity contribution in [2.24, 2.45) is 0 Å². The van der Waals surface area contributed by atoms with Gasteiger partial charge in [0.2, 0.25) is 11.1 Å². The van der Waals surface area contributed by atoms with Crippen molar-refractivity contribution in [3.63, 3.8) is 0 Å². The molecule has 6 nitrogen and oxygen atoms in total. The molecule has 0 saturated heterocycles. The number of rotatable bonds is 7. The second-order valence-corrected chi connectivity index (χ2v) is 5.73. The summed E-state index contributed by atoms with van der Waals surface area (Å²) in [6.45, 7) is 9.05. The number of thioether (sulfide) groups is 1. The summed E-state index contributed by atoms with van der Waals surface area (Å²) >= 11 is 1.41. The Morgan fingerprint density at radius 1 is 1.58 bits per heavy atom. The molecule has 1 fully saturated rings. The summed E-state index contributed by atoms with van der Waals surface area (Å²) in [5.74, 6) is 0.467. The predicted octanol–water partition coefficient (Wildman–Crippen LogP) is 1.52. The number of tetrazole rings is 1. The number of carbonyl (C=O) groups excluding carboxylic acids is 1. The first-order chi connectivity index (χ1) is 9.11. The van der Waals surface area contributed by atoms with Gasteiger partial charge in [-0.2, -0.15) is 0 Å². The lowest BCUT2D eigenvalue weighted by molar-refractivity contribution is -0.127. The van der Waals surface area contributed by atoms with E-state index in [1.54, 1.807) is 4.90 Å². The first-order valence-electron chi connectivity index (χ1n) is 6.44. The first kappa shape index (κ1) is 14.0. The monoisotopic (exact) mass is 281 g/mol. The molecule has 0 N–H and O–H groups in total. The topological polar surface area (TPSA) is 63.9 Å². The Balaban J connectivity index is 1.88. The highest BCUT2D eigenvalue weighted by molar-refractivity contribution is 7.99. The third-order valence-corrected chi connectivity index (χ3v) is 3.79. The number of hydrogen-bond acceptors (Lipinski definition) is 5. The smallest absolute Gasteiger partial charge is 0.233 e. The van der Waals surface area contributed by atoms with Crippen LogP contribution in [0.15, 0.2) is 17.3 Å². The summed E-state index contributed by atoms with van der Waals surface area (Å²) in [4.78, 5) is 13.9. The van der Waals surface area contributed by atoms with Gasteiger partial charge in [0, 0.05) is 13.1 Å². The van der Waals surface area contributed by atoms with Gasteiger partial charge in [-0.15, -0.1) is 5.10 Å². The molecule has 104 valence electrons. The standard InChI is InChI=1S/C12H19N5OS/c1-4-16(7-9(2)3)11(18)8-19-12-13-14-15-17(12)10-5-6-10/h10H,2,4-8H2,1,3H3. The van der Waals surface area contributed by atoms with Crippen LogP contribution in [0, 0.1) is 0 Å². The highest BCUT2D eigenvalue weighted by atomic mass is 32.2. The molecule has 1 aliphatic carbocycles. The molecule has 1 aliphatic rings. The molecule has 0 spiro atoms. The third kappa shape index (κ3) is 3.79. The largest absolute Gasteiger partial charge is 0.338 e. The van der Waals surface area contributed by atoms with Crippen molar-refractivity contribution in [2.75, 3.05) is 18.8 Å².